The molecule has 3 N–H and O–H groups in total. The summed E-state index contributed by atoms with van der Waals surface area (Å²) in [4.78, 5) is 24.8. The molecular formula is C23H24Cl2N4O4. The molecule has 1 aliphatic rings. The summed E-state index contributed by atoms with van der Waals surface area (Å²) in [5, 5.41) is 12.9. The quantitative estimate of drug-likeness (QED) is 0.440. The zero-order valence-electron chi connectivity index (χ0n) is 18.4. The van der Waals surface area contributed by atoms with Gasteiger partial charge in [-0.25, -0.2) is 4.79 Å². The molecule has 33 heavy (non-hydrogen) atoms. The third kappa shape index (κ3) is 5.51. The van der Waals surface area contributed by atoms with Crippen molar-refractivity contribution in [3.8, 4) is 11.5 Å². The van der Waals surface area contributed by atoms with Crippen molar-refractivity contribution in [3.63, 3.8) is 0 Å². The molecule has 1 aromatic carbocycles. The molecule has 3 aromatic rings. The van der Waals surface area contributed by atoms with E-state index in [1.807, 2.05) is 39.0 Å². The number of halogens is 2. The lowest BCUT2D eigenvalue weighted by Gasteiger charge is -2.27. The van der Waals surface area contributed by atoms with Gasteiger partial charge < -0.3 is 19.8 Å². The Morgan fingerprint density at radius 3 is 2.67 bits per heavy atom. The molecule has 0 radical (unpaired) electrons. The summed E-state index contributed by atoms with van der Waals surface area (Å²) in [6.07, 6.45) is 1.84. The molecule has 1 atom stereocenters. The lowest BCUT2D eigenvalue weighted by atomic mass is 9.88. The molecule has 1 aliphatic carbocycles. The summed E-state index contributed by atoms with van der Waals surface area (Å²) < 4.78 is 10.7. The largest absolute Gasteiger partial charge is 0.444 e. The Morgan fingerprint density at radius 2 is 1.97 bits per heavy atom. The summed E-state index contributed by atoms with van der Waals surface area (Å²) in [5.41, 5.74) is 2.79. The molecule has 0 bridgehead atoms. The molecule has 2 heterocycles. The molecule has 2 amide bonds. The Labute approximate surface area is 201 Å². The van der Waals surface area contributed by atoms with E-state index in [4.69, 9.17) is 32.4 Å². The smallest absolute Gasteiger partial charge is 0.407 e. The van der Waals surface area contributed by atoms with Crippen molar-refractivity contribution in [1.29, 1.82) is 0 Å². The second-order valence-corrected chi connectivity index (χ2v) is 9.64. The van der Waals surface area contributed by atoms with Crippen LogP contribution in [0.3, 0.4) is 0 Å². The summed E-state index contributed by atoms with van der Waals surface area (Å²) in [7, 11) is 0. The number of fused-ring (bicyclic) bond motifs is 1. The van der Waals surface area contributed by atoms with Crippen LogP contribution in [0, 0.1) is 0 Å². The topological polar surface area (TPSA) is 109 Å². The Bertz CT molecular complexity index is 1200. The number of anilines is 1. The molecule has 2 aromatic heterocycles. The molecule has 0 spiro atoms. The zero-order chi connectivity index (χ0) is 23.8. The third-order valence-corrected chi connectivity index (χ3v) is 5.73. The minimum absolute atomic E-state index is 0.00474. The van der Waals surface area contributed by atoms with Gasteiger partial charge >= 0.3 is 6.09 Å². The number of amides is 2. The number of aromatic amines is 1. The summed E-state index contributed by atoms with van der Waals surface area (Å²) in [5.74, 6) is -0.0553. The first-order valence-electron chi connectivity index (χ1n) is 10.5. The molecule has 8 nitrogen and oxygen atoms in total. The Balaban J connectivity index is 1.41. The van der Waals surface area contributed by atoms with Crippen molar-refractivity contribution < 1.29 is 18.7 Å². The van der Waals surface area contributed by atoms with Crippen LogP contribution < -0.4 is 10.6 Å². The second-order valence-electron chi connectivity index (χ2n) is 8.89. The third-order valence-electron chi connectivity index (χ3n) is 5.15. The number of furan rings is 1. The molecule has 4 rings (SSSR count). The average molecular weight is 491 g/mol. The van der Waals surface area contributed by atoms with Crippen molar-refractivity contribution in [2.24, 2.45) is 0 Å². The van der Waals surface area contributed by atoms with Gasteiger partial charge in [-0.15, -0.1) is 0 Å². The van der Waals surface area contributed by atoms with Crippen molar-refractivity contribution in [1.82, 2.24) is 15.5 Å². The molecule has 0 saturated carbocycles. The number of carbonyl (C=O) groups excluding carboxylic acids is 2. The van der Waals surface area contributed by atoms with Gasteiger partial charge in [0.25, 0.3) is 5.91 Å². The van der Waals surface area contributed by atoms with Gasteiger partial charge in [0.2, 0.25) is 0 Å². The van der Waals surface area contributed by atoms with Gasteiger partial charge in [0.05, 0.1) is 0 Å². The van der Waals surface area contributed by atoms with Gasteiger partial charge in [0, 0.05) is 11.7 Å². The lowest BCUT2D eigenvalue weighted by Crippen LogP contribution is -2.41. The number of hydrogen-bond acceptors (Lipinski definition) is 5. The SMILES string of the molecule is CC(C)(C)OC(=O)NC1CCc2cc(NC(=O)c3[nH]nc(-c4ccc(Cl)o4)c3Cl)ccc2C1. The van der Waals surface area contributed by atoms with E-state index in [-0.39, 0.29) is 22.0 Å². The Kier molecular flexibility index (Phi) is 6.41. The van der Waals surface area contributed by atoms with Crippen LogP contribution >= 0.6 is 23.2 Å². The standard InChI is InChI=1S/C23H24Cl2N4O4/c1-23(2,3)33-22(31)27-15-7-5-12-10-14(6-4-13(12)11-15)26-21(30)20-18(25)19(28-29-20)16-8-9-17(24)32-16/h4,6,8-10,15H,5,7,11H2,1-3H3,(H,26,30)(H,27,31)(H,28,29). The maximum atomic E-state index is 12.8. The molecule has 0 saturated heterocycles. The molecule has 174 valence electrons. The molecular weight excluding hydrogens is 467 g/mol. The highest BCUT2D eigenvalue weighted by Gasteiger charge is 2.25. The van der Waals surface area contributed by atoms with E-state index in [0.717, 1.165) is 24.0 Å². The van der Waals surface area contributed by atoms with Gasteiger partial charge in [-0.2, -0.15) is 5.10 Å². The van der Waals surface area contributed by atoms with Gasteiger partial charge in [-0.1, -0.05) is 17.7 Å². The van der Waals surface area contributed by atoms with Crippen LogP contribution in [-0.4, -0.2) is 33.8 Å². The number of benzene rings is 1. The minimum atomic E-state index is -0.535. The average Bonchev–Trinajstić information content (AvgIpc) is 3.31. The number of H-pyrrole nitrogens is 1. The number of rotatable bonds is 4. The van der Waals surface area contributed by atoms with E-state index in [0.29, 0.717) is 23.6 Å². The number of alkyl carbamates (subject to hydrolysis) is 1. The van der Waals surface area contributed by atoms with Crippen LogP contribution in [0.15, 0.2) is 34.7 Å². The van der Waals surface area contributed by atoms with Crippen molar-refractivity contribution >= 4 is 40.9 Å². The first kappa shape index (κ1) is 23.2. The fraction of sp³-hybridized carbons (Fsp3) is 0.348. The maximum absolute atomic E-state index is 12.8. The van der Waals surface area contributed by atoms with E-state index in [9.17, 15) is 9.59 Å². The van der Waals surface area contributed by atoms with E-state index in [2.05, 4.69) is 20.8 Å². The number of ether oxygens (including phenoxy) is 1. The van der Waals surface area contributed by atoms with Crippen LogP contribution in [0.2, 0.25) is 10.2 Å². The Hall–Kier alpha value is -2.97. The van der Waals surface area contributed by atoms with E-state index < -0.39 is 17.6 Å². The van der Waals surface area contributed by atoms with E-state index in [1.54, 1.807) is 12.1 Å². The number of aromatic nitrogens is 2. The fourth-order valence-corrected chi connectivity index (χ4v) is 4.12. The number of nitrogens with one attached hydrogen (secondary N) is 3. The highest BCUT2D eigenvalue weighted by molar-refractivity contribution is 6.36. The normalized spacial score (nSPS) is 15.6. The lowest BCUT2D eigenvalue weighted by molar-refractivity contribution is 0.0500. The van der Waals surface area contributed by atoms with E-state index >= 15 is 0 Å². The van der Waals surface area contributed by atoms with Crippen LogP contribution in [0.1, 0.15) is 48.8 Å². The maximum Gasteiger partial charge on any atom is 0.407 e. The predicted octanol–water partition coefficient (Wildman–Crippen LogP) is 5.61. The fourth-order valence-electron chi connectivity index (χ4n) is 3.71. The molecule has 0 aliphatic heterocycles. The highest BCUT2D eigenvalue weighted by atomic mass is 35.5. The van der Waals surface area contributed by atoms with Crippen LogP contribution in [0.25, 0.3) is 11.5 Å². The monoisotopic (exact) mass is 490 g/mol. The minimum Gasteiger partial charge on any atom is -0.444 e. The first-order valence-corrected chi connectivity index (χ1v) is 11.3. The van der Waals surface area contributed by atoms with Crippen LogP contribution in [-0.2, 0) is 17.6 Å². The van der Waals surface area contributed by atoms with Crippen molar-refractivity contribution in [2.45, 2.75) is 51.7 Å². The molecule has 1 unspecified atom stereocenters. The molecule has 0 fully saturated rings. The van der Waals surface area contributed by atoms with Gasteiger partial charge in [0.1, 0.15) is 22.0 Å². The zero-order valence-corrected chi connectivity index (χ0v) is 19.9. The summed E-state index contributed by atoms with van der Waals surface area (Å²) >= 11 is 12.1. The number of nitrogens with zero attached hydrogens (tertiary/aromatic N) is 1. The number of aryl methyl sites for hydroxylation is 1. The van der Waals surface area contributed by atoms with Gasteiger partial charge in [0.15, 0.2) is 11.0 Å². The highest BCUT2D eigenvalue weighted by Crippen LogP contribution is 2.32. The predicted molar refractivity (Wildman–Crippen MR) is 126 cm³/mol. The number of carbonyl (C=O) groups is 2. The second kappa shape index (κ2) is 9.11. The van der Waals surface area contributed by atoms with Gasteiger partial charge in [-0.3, -0.25) is 9.89 Å². The van der Waals surface area contributed by atoms with Gasteiger partial charge in [-0.05, 0) is 87.0 Å². The Morgan fingerprint density at radius 1 is 1.18 bits per heavy atom. The van der Waals surface area contributed by atoms with Crippen molar-refractivity contribution in [3.05, 3.63) is 57.4 Å². The number of hydrogen-bond donors (Lipinski definition) is 3. The molecule has 10 heteroatoms. The van der Waals surface area contributed by atoms with Crippen LogP contribution in [0.4, 0.5) is 10.5 Å². The summed E-state index contributed by atoms with van der Waals surface area (Å²) in [6.45, 7) is 5.51. The summed E-state index contributed by atoms with van der Waals surface area (Å²) in [6, 6.07) is 8.92. The van der Waals surface area contributed by atoms with E-state index in [1.165, 1.54) is 0 Å². The van der Waals surface area contributed by atoms with Crippen molar-refractivity contribution in [2.75, 3.05) is 5.32 Å². The van der Waals surface area contributed by atoms with Crippen LogP contribution in [0.5, 0.6) is 0 Å². The first-order chi connectivity index (χ1) is 15.6.